The second-order valence-electron chi connectivity index (χ2n) is 5.09. The Morgan fingerprint density at radius 2 is 1.94 bits per heavy atom. The molecule has 1 aliphatic carbocycles. The summed E-state index contributed by atoms with van der Waals surface area (Å²) in [6, 6.07) is 11.2. The van der Waals surface area contributed by atoms with E-state index in [1.54, 1.807) is 0 Å². The van der Waals surface area contributed by atoms with Crippen LogP contribution in [0.5, 0.6) is 0 Å². The predicted molar refractivity (Wildman–Crippen MR) is 75.8 cm³/mol. The van der Waals surface area contributed by atoms with Crippen LogP contribution in [-0.4, -0.2) is 25.3 Å². The van der Waals surface area contributed by atoms with Crippen molar-refractivity contribution >= 4 is 0 Å². The smallest absolute Gasteiger partial charge is 0.0728 e. The molecular formula is C16H25NO. The summed E-state index contributed by atoms with van der Waals surface area (Å²) in [5.74, 6) is 0. The summed E-state index contributed by atoms with van der Waals surface area (Å²) in [6.45, 7) is 4.06. The quantitative estimate of drug-likeness (QED) is 0.833. The van der Waals surface area contributed by atoms with E-state index in [1.807, 2.05) is 0 Å². The lowest BCUT2D eigenvalue weighted by atomic mass is 9.92. The summed E-state index contributed by atoms with van der Waals surface area (Å²) < 4.78 is 6.09. The largest absolute Gasteiger partial charge is 0.376 e. The van der Waals surface area contributed by atoms with Crippen molar-refractivity contribution in [1.82, 2.24) is 5.32 Å². The van der Waals surface area contributed by atoms with Gasteiger partial charge in [-0.15, -0.1) is 0 Å². The average Bonchev–Trinajstić information content (AvgIpc) is 2.42. The zero-order valence-electron chi connectivity index (χ0n) is 11.4. The van der Waals surface area contributed by atoms with Gasteiger partial charge in [0.05, 0.1) is 12.7 Å². The van der Waals surface area contributed by atoms with Crippen molar-refractivity contribution < 1.29 is 4.74 Å². The molecule has 0 radical (unpaired) electrons. The number of rotatable bonds is 6. The molecular weight excluding hydrogens is 222 g/mol. The van der Waals surface area contributed by atoms with Crippen LogP contribution in [0.2, 0.25) is 0 Å². The van der Waals surface area contributed by atoms with Gasteiger partial charge in [-0.2, -0.15) is 0 Å². The number of likely N-dealkylation sites (N-methyl/N-ethyl adjacent to an activating group) is 1. The van der Waals surface area contributed by atoms with Gasteiger partial charge in [-0.05, 0) is 31.4 Å². The van der Waals surface area contributed by atoms with Crippen molar-refractivity contribution in [2.24, 2.45) is 0 Å². The second kappa shape index (κ2) is 7.55. The van der Waals surface area contributed by atoms with Crippen molar-refractivity contribution in [2.75, 3.05) is 13.2 Å². The molecule has 2 rings (SSSR count). The summed E-state index contributed by atoms with van der Waals surface area (Å²) in [5.41, 5.74) is 1.37. The molecule has 2 atom stereocenters. The number of nitrogens with one attached hydrogen (secondary N) is 1. The first-order valence-corrected chi connectivity index (χ1v) is 7.29. The fraction of sp³-hybridized carbons (Fsp3) is 0.625. The Bertz CT molecular complexity index is 323. The van der Waals surface area contributed by atoms with E-state index in [1.165, 1.54) is 31.2 Å². The lowest BCUT2D eigenvalue weighted by Gasteiger charge is -2.32. The van der Waals surface area contributed by atoms with E-state index >= 15 is 0 Å². The minimum absolute atomic E-state index is 0.419. The van der Waals surface area contributed by atoms with Crippen LogP contribution in [0.3, 0.4) is 0 Å². The highest BCUT2D eigenvalue weighted by atomic mass is 16.5. The second-order valence-corrected chi connectivity index (χ2v) is 5.09. The van der Waals surface area contributed by atoms with Gasteiger partial charge in [-0.1, -0.05) is 50.1 Å². The van der Waals surface area contributed by atoms with Crippen molar-refractivity contribution in [3.05, 3.63) is 35.9 Å². The van der Waals surface area contributed by atoms with Gasteiger partial charge < -0.3 is 10.1 Å². The van der Waals surface area contributed by atoms with Gasteiger partial charge >= 0.3 is 0 Å². The highest BCUT2D eigenvalue weighted by Crippen LogP contribution is 2.21. The van der Waals surface area contributed by atoms with Crippen molar-refractivity contribution in [3.8, 4) is 0 Å². The van der Waals surface area contributed by atoms with Crippen LogP contribution < -0.4 is 5.32 Å². The number of hydrogen-bond donors (Lipinski definition) is 1. The molecule has 1 aliphatic rings. The summed E-state index contributed by atoms with van der Waals surface area (Å²) in [6.07, 6.45) is 6.59. The Labute approximate surface area is 111 Å². The Hall–Kier alpha value is -0.860. The molecule has 2 nitrogen and oxygen atoms in total. The fourth-order valence-electron chi connectivity index (χ4n) is 2.76. The number of benzene rings is 1. The van der Waals surface area contributed by atoms with Crippen LogP contribution in [0.25, 0.3) is 0 Å². The molecule has 0 bridgehead atoms. The first kappa shape index (κ1) is 13.6. The lowest BCUT2D eigenvalue weighted by Crippen LogP contribution is -2.43. The van der Waals surface area contributed by atoms with Gasteiger partial charge in [0.2, 0.25) is 0 Å². The summed E-state index contributed by atoms with van der Waals surface area (Å²) in [7, 11) is 0. The standard InChI is InChI=1S/C16H25NO/c1-2-17-15-10-6-7-11-16(15)18-13-12-14-8-4-3-5-9-14/h3-5,8-9,15-17H,2,6-7,10-13H2,1H3. The van der Waals surface area contributed by atoms with Crippen molar-refractivity contribution in [1.29, 1.82) is 0 Å². The van der Waals surface area contributed by atoms with Gasteiger partial charge in [0, 0.05) is 6.04 Å². The Kier molecular flexibility index (Phi) is 5.69. The van der Waals surface area contributed by atoms with Gasteiger partial charge in [-0.3, -0.25) is 0 Å². The van der Waals surface area contributed by atoms with Crippen LogP contribution >= 0.6 is 0 Å². The highest BCUT2D eigenvalue weighted by Gasteiger charge is 2.24. The van der Waals surface area contributed by atoms with Crippen LogP contribution in [-0.2, 0) is 11.2 Å². The van der Waals surface area contributed by atoms with E-state index in [4.69, 9.17) is 4.74 Å². The molecule has 2 heteroatoms. The molecule has 0 saturated heterocycles. The Morgan fingerprint density at radius 1 is 1.17 bits per heavy atom. The van der Waals surface area contributed by atoms with E-state index in [0.29, 0.717) is 12.1 Å². The van der Waals surface area contributed by atoms with Crippen LogP contribution in [0.4, 0.5) is 0 Å². The van der Waals surface area contributed by atoms with E-state index in [0.717, 1.165) is 19.6 Å². The van der Waals surface area contributed by atoms with E-state index < -0.39 is 0 Å². The van der Waals surface area contributed by atoms with Crippen LogP contribution in [0, 0.1) is 0 Å². The zero-order valence-corrected chi connectivity index (χ0v) is 11.4. The summed E-state index contributed by atoms with van der Waals surface area (Å²) in [5, 5.41) is 3.56. The maximum absolute atomic E-state index is 6.09. The zero-order chi connectivity index (χ0) is 12.6. The van der Waals surface area contributed by atoms with E-state index in [2.05, 4.69) is 42.6 Å². The normalized spacial score (nSPS) is 24.1. The van der Waals surface area contributed by atoms with Crippen LogP contribution in [0.1, 0.15) is 38.2 Å². The molecule has 100 valence electrons. The molecule has 1 aromatic rings. The van der Waals surface area contributed by atoms with E-state index in [-0.39, 0.29) is 0 Å². The number of ether oxygens (including phenoxy) is 1. The summed E-state index contributed by atoms with van der Waals surface area (Å²) in [4.78, 5) is 0. The van der Waals surface area contributed by atoms with Gasteiger partial charge in [0.1, 0.15) is 0 Å². The molecule has 1 saturated carbocycles. The molecule has 0 spiro atoms. The SMILES string of the molecule is CCNC1CCCCC1OCCc1ccccc1. The highest BCUT2D eigenvalue weighted by molar-refractivity contribution is 5.14. The average molecular weight is 247 g/mol. The molecule has 0 aromatic heterocycles. The van der Waals surface area contributed by atoms with Crippen LogP contribution in [0.15, 0.2) is 30.3 Å². The monoisotopic (exact) mass is 247 g/mol. The van der Waals surface area contributed by atoms with Crippen molar-refractivity contribution in [3.63, 3.8) is 0 Å². The molecule has 1 N–H and O–H groups in total. The minimum atomic E-state index is 0.419. The third kappa shape index (κ3) is 4.11. The Balaban J connectivity index is 1.74. The van der Waals surface area contributed by atoms with Gasteiger partial charge in [0.25, 0.3) is 0 Å². The molecule has 1 aromatic carbocycles. The topological polar surface area (TPSA) is 21.3 Å². The minimum Gasteiger partial charge on any atom is -0.376 e. The lowest BCUT2D eigenvalue weighted by molar-refractivity contribution is 0.00723. The van der Waals surface area contributed by atoms with Gasteiger partial charge in [-0.25, -0.2) is 0 Å². The molecule has 0 heterocycles. The van der Waals surface area contributed by atoms with E-state index in [9.17, 15) is 0 Å². The molecule has 2 unspecified atom stereocenters. The third-order valence-electron chi connectivity index (χ3n) is 3.73. The summed E-state index contributed by atoms with van der Waals surface area (Å²) >= 11 is 0. The van der Waals surface area contributed by atoms with Crippen molar-refractivity contribution in [2.45, 2.75) is 51.2 Å². The van der Waals surface area contributed by atoms with Gasteiger partial charge in [0.15, 0.2) is 0 Å². The Morgan fingerprint density at radius 3 is 2.72 bits per heavy atom. The molecule has 1 fully saturated rings. The first-order chi connectivity index (χ1) is 8.90. The number of hydrogen-bond acceptors (Lipinski definition) is 2. The maximum atomic E-state index is 6.09. The maximum Gasteiger partial charge on any atom is 0.0728 e. The molecule has 0 aliphatic heterocycles. The molecule has 18 heavy (non-hydrogen) atoms. The first-order valence-electron chi connectivity index (χ1n) is 7.29. The molecule has 0 amide bonds. The fourth-order valence-corrected chi connectivity index (χ4v) is 2.76. The third-order valence-corrected chi connectivity index (χ3v) is 3.73. The predicted octanol–water partition coefficient (Wildman–Crippen LogP) is 3.17.